The Morgan fingerprint density at radius 3 is 2.40 bits per heavy atom. The van der Waals surface area contributed by atoms with Crippen LogP contribution in [-0.4, -0.2) is 37.4 Å². The lowest BCUT2D eigenvalue weighted by Gasteiger charge is -2.26. The number of nitrogens with zero attached hydrogens (tertiary/aromatic N) is 1. The van der Waals surface area contributed by atoms with Gasteiger partial charge in [0.15, 0.2) is 0 Å². The van der Waals surface area contributed by atoms with Gasteiger partial charge in [0.05, 0.1) is 19.7 Å². The standard InChI is InChI=1S/C20H24N2O3/c1-14-9-11-16(12-10-14)20(24)21-13-19(23)22(3)15(2)17-7-5-6-8-18(17)25-4/h5-12,15H,13H2,1-4H3,(H,21,24). The van der Waals surface area contributed by atoms with Crippen molar-refractivity contribution < 1.29 is 14.3 Å². The summed E-state index contributed by atoms with van der Waals surface area (Å²) in [6, 6.07) is 14.7. The zero-order chi connectivity index (χ0) is 18.4. The molecule has 0 spiro atoms. The van der Waals surface area contributed by atoms with Crippen molar-refractivity contribution in [3.63, 3.8) is 0 Å². The van der Waals surface area contributed by atoms with Gasteiger partial charge in [-0.3, -0.25) is 9.59 Å². The van der Waals surface area contributed by atoms with Crippen LogP contribution in [0.5, 0.6) is 5.75 Å². The van der Waals surface area contributed by atoms with Gasteiger partial charge in [0.25, 0.3) is 5.91 Å². The minimum Gasteiger partial charge on any atom is -0.496 e. The molecule has 0 aliphatic rings. The van der Waals surface area contributed by atoms with E-state index in [0.29, 0.717) is 5.56 Å². The van der Waals surface area contributed by atoms with Crippen LogP contribution in [0, 0.1) is 6.92 Å². The van der Waals surface area contributed by atoms with Gasteiger partial charge in [-0.1, -0.05) is 35.9 Å². The van der Waals surface area contributed by atoms with E-state index in [2.05, 4.69) is 5.32 Å². The fourth-order valence-electron chi connectivity index (χ4n) is 2.52. The predicted molar refractivity (Wildman–Crippen MR) is 97.7 cm³/mol. The summed E-state index contributed by atoms with van der Waals surface area (Å²) in [6.45, 7) is 3.83. The van der Waals surface area contributed by atoms with E-state index in [1.54, 1.807) is 31.2 Å². The Bertz CT molecular complexity index is 741. The first-order valence-corrected chi connectivity index (χ1v) is 8.17. The number of carbonyl (C=O) groups is 2. The van der Waals surface area contributed by atoms with Crippen LogP contribution in [0.15, 0.2) is 48.5 Å². The molecule has 0 aliphatic heterocycles. The lowest BCUT2D eigenvalue weighted by molar-refractivity contribution is -0.130. The van der Waals surface area contributed by atoms with E-state index in [1.165, 1.54) is 0 Å². The van der Waals surface area contributed by atoms with Crippen molar-refractivity contribution in [1.82, 2.24) is 10.2 Å². The van der Waals surface area contributed by atoms with Crippen LogP contribution in [0.1, 0.15) is 34.5 Å². The third kappa shape index (κ3) is 4.59. The molecule has 0 saturated heterocycles. The Morgan fingerprint density at radius 1 is 1.12 bits per heavy atom. The summed E-state index contributed by atoms with van der Waals surface area (Å²) in [5.41, 5.74) is 2.54. The van der Waals surface area contributed by atoms with Crippen LogP contribution in [0.2, 0.25) is 0 Å². The fraction of sp³-hybridized carbons (Fsp3) is 0.300. The normalized spacial score (nSPS) is 11.5. The van der Waals surface area contributed by atoms with Crippen LogP contribution in [0.25, 0.3) is 0 Å². The molecule has 132 valence electrons. The first-order chi connectivity index (χ1) is 11.9. The molecular weight excluding hydrogens is 316 g/mol. The van der Waals surface area contributed by atoms with Crippen molar-refractivity contribution in [3.05, 3.63) is 65.2 Å². The highest BCUT2D eigenvalue weighted by molar-refractivity contribution is 5.96. The third-order valence-corrected chi connectivity index (χ3v) is 4.28. The van der Waals surface area contributed by atoms with Crippen molar-refractivity contribution in [1.29, 1.82) is 0 Å². The molecule has 25 heavy (non-hydrogen) atoms. The number of aryl methyl sites for hydroxylation is 1. The quantitative estimate of drug-likeness (QED) is 0.879. The maximum absolute atomic E-state index is 12.4. The molecule has 1 atom stereocenters. The summed E-state index contributed by atoms with van der Waals surface area (Å²) >= 11 is 0. The molecule has 0 aliphatic carbocycles. The molecular formula is C20H24N2O3. The van der Waals surface area contributed by atoms with E-state index >= 15 is 0 Å². The maximum Gasteiger partial charge on any atom is 0.251 e. The van der Waals surface area contributed by atoms with E-state index in [4.69, 9.17) is 4.74 Å². The zero-order valence-corrected chi connectivity index (χ0v) is 15.1. The summed E-state index contributed by atoms with van der Waals surface area (Å²) in [6.07, 6.45) is 0. The van der Waals surface area contributed by atoms with Gasteiger partial charge in [0, 0.05) is 18.2 Å². The number of hydrogen-bond acceptors (Lipinski definition) is 3. The number of para-hydroxylation sites is 1. The highest BCUT2D eigenvalue weighted by Gasteiger charge is 2.20. The van der Waals surface area contributed by atoms with E-state index < -0.39 is 0 Å². The van der Waals surface area contributed by atoms with Crippen molar-refractivity contribution in [2.45, 2.75) is 19.9 Å². The average Bonchev–Trinajstić information content (AvgIpc) is 2.65. The molecule has 2 amide bonds. The van der Waals surface area contributed by atoms with E-state index in [0.717, 1.165) is 16.9 Å². The summed E-state index contributed by atoms with van der Waals surface area (Å²) in [5, 5.41) is 2.67. The Kier molecular flexibility index (Phi) is 6.17. The van der Waals surface area contributed by atoms with E-state index in [9.17, 15) is 9.59 Å². The summed E-state index contributed by atoms with van der Waals surface area (Å²) < 4.78 is 5.35. The average molecular weight is 340 g/mol. The molecule has 1 N–H and O–H groups in total. The van der Waals surface area contributed by atoms with E-state index in [-0.39, 0.29) is 24.4 Å². The molecule has 2 aromatic rings. The van der Waals surface area contributed by atoms with Gasteiger partial charge >= 0.3 is 0 Å². The fourth-order valence-corrected chi connectivity index (χ4v) is 2.52. The molecule has 5 nitrogen and oxygen atoms in total. The van der Waals surface area contributed by atoms with Crippen LogP contribution in [0.3, 0.4) is 0 Å². The second-order valence-electron chi connectivity index (χ2n) is 5.97. The highest BCUT2D eigenvalue weighted by atomic mass is 16.5. The van der Waals surface area contributed by atoms with Gasteiger partial charge in [-0.25, -0.2) is 0 Å². The number of rotatable bonds is 6. The number of benzene rings is 2. The molecule has 5 heteroatoms. The number of ether oxygens (including phenoxy) is 1. The molecule has 0 fully saturated rings. The predicted octanol–water partition coefficient (Wildman–Crippen LogP) is 2.95. The van der Waals surface area contributed by atoms with E-state index in [1.807, 2.05) is 50.2 Å². The Labute approximate surface area is 148 Å². The van der Waals surface area contributed by atoms with Gasteiger partial charge in [0.2, 0.25) is 5.91 Å². The second kappa shape index (κ2) is 8.33. The molecule has 0 bridgehead atoms. The van der Waals surface area contributed by atoms with Crippen molar-refractivity contribution >= 4 is 11.8 Å². The van der Waals surface area contributed by atoms with Gasteiger partial charge in [-0.05, 0) is 32.0 Å². The third-order valence-electron chi connectivity index (χ3n) is 4.28. The molecule has 0 aromatic heterocycles. The summed E-state index contributed by atoms with van der Waals surface area (Å²) in [7, 11) is 3.33. The van der Waals surface area contributed by atoms with Crippen molar-refractivity contribution in [2.24, 2.45) is 0 Å². The van der Waals surface area contributed by atoms with Gasteiger partial charge in [0.1, 0.15) is 5.75 Å². The second-order valence-corrected chi connectivity index (χ2v) is 5.97. The number of amides is 2. The van der Waals surface area contributed by atoms with Crippen molar-refractivity contribution in [2.75, 3.05) is 20.7 Å². The van der Waals surface area contributed by atoms with Crippen molar-refractivity contribution in [3.8, 4) is 5.75 Å². The minimum absolute atomic E-state index is 0.0529. The van der Waals surface area contributed by atoms with Gasteiger partial charge in [-0.15, -0.1) is 0 Å². The highest BCUT2D eigenvalue weighted by Crippen LogP contribution is 2.27. The SMILES string of the molecule is COc1ccccc1C(C)N(C)C(=O)CNC(=O)c1ccc(C)cc1. The topological polar surface area (TPSA) is 58.6 Å². The lowest BCUT2D eigenvalue weighted by Crippen LogP contribution is -2.39. The molecule has 0 radical (unpaired) electrons. The number of carbonyl (C=O) groups excluding carboxylic acids is 2. The number of methoxy groups -OCH3 is 1. The number of likely N-dealkylation sites (N-methyl/N-ethyl adjacent to an activating group) is 1. The minimum atomic E-state index is -0.258. The number of hydrogen-bond donors (Lipinski definition) is 1. The Hall–Kier alpha value is -2.82. The van der Waals surface area contributed by atoms with Gasteiger partial charge in [-0.2, -0.15) is 0 Å². The van der Waals surface area contributed by atoms with Crippen LogP contribution in [0.4, 0.5) is 0 Å². The largest absolute Gasteiger partial charge is 0.496 e. The summed E-state index contributed by atoms with van der Waals surface area (Å²) in [4.78, 5) is 26.1. The van der Waals surface area contributed by atoms with Crippen LogP contribution in [-0.2, 0) is 4.79 Å². The molecule has 0 saturated carbocycles. The smallest absolute Gasteiger partial charge is 0.251 e. The molecule has 1 unspecified atom stereocenters. The zero-order valence-electron chi connectivity index (χ0n) is 15.1. The Balaban J connectivity index is 1.97. The van der Waals surface area contributed by atoms with Gasteiger partial charge < -0.3 is 15.0 Å². The van der Waals surface area contributed by atoms with Crippen LogP contribution < -0.4 is 10.1 Å². The Morgan fingerprint density at radius 2 is 1.76 bits per heavy atom. The summed E-state index contributed by atoms with van der Waals surface area (Å²) in [5.74, 6) is 0.309. The monoisotopic (exact) mass is 340 g/mol. The van der Waals surface area contributed by atoms with Crippen LogP contribution >= 0.6 is 0 Å². The molecule has 2 aromatic carbocycles. The molecule has 0 heterocycles. The first kappa shape index (κ1) is 18.5. The number of nitrogens with one attached hydrogen (secondary N) is 1. The lowest BCUT2D eigenvalue weighted by atomic mass is 10.1. The molecule has 2 rings (SSSR count). The maximum atomic E-state index is 12.4. The first-order valence-electron chi connectivity index (χ1n) is 8.17.